The van der Waals surface area contributed by atoms with Crippen LogP contribution in [0.25, 0.3) is 10.9 Å². The van der Waals surface area contributed by atoms with Crippen molar-refractivity contribution in [3.05, 3.63) is 78.0 Å². The third-order valence-corrected chi connectivity index (χ3v) is 2.98. The first-order chi connectivity index (χ1) is 8.43. The van der Waals surface area contributed by atoms with Gasteiger partial charge in [-0.15, -0.1) is 0 Å². The highest BCUT2D eigenvalue weighted by molar-refractivity contribution is 5.82. The largest absolute Gasteiger partial charge is 0.256 e. The van der Waals surface area contributed by atoms with Gasteiger partial charge in [-0.05, 0) is 29.7 Å². The maximum atomic E-state index is 4.38. The summed E-state index contributed by atoms with van der Waals surface area (Å²) in [6, 6.07) is 20.9. The molecule has 0 amide bonds. The molecule has 0 bridgehead atoms. The zero-order chi connectivity index (χ0) is 11.5. The average Bonchev–Trinajstić information content (AvgIpc) is 2.40. The fourth-order valence-corrected chi connectivity index (χ4v) is 2.13. The highest BCUT2D eigenvalue weighted by Gasteiger charge is 2.01. The first-order valence-electron chi connectivity index (χ1n) is 5.80. The summed E-state index contributed by atoms with van der Waals surface area (Å²) in [6.07, 6.45) is 2.85. The van der Waals surface area contributed by atoms with Crippen molar-refractivity contribution in [2.24, 2.45) is 0 Å². The van der Waals surface area contributed by atoms with Crippen molar-refractivity contribution in [2.45, 2.75) is 6.42 Å². The fourth-order valence-electron chi connectivity index (χ4n) is 2.13. The topological polar surface area (TPSA) is 12.9 Å². The Bertz CT molecular complexity index is 624. The summed E-state index contributed by atoms with van der Waals surface area (Å²) in [7, 11) is 0. The molecule has 0 radical (unpaired) electrons. The molecule has 0 fully saturated rings. The van der Waals surface area contributed by atoms with Gasteiger partial charge in [-0.3, -0.25) is 4.98 Å². The van der Waals surface area contributed by atoms with E-state index in [9.17, 15) is 0 Å². The Morgan fingerprint density at radius 3 is 2.41 bits per heavy atom. The first kappa shape index (κ1) is 10.0. The Morgan fingerprint density at radius 2 is 1.53 bits per heavy atom. The van der Waals surface area contributed by atoms with Gasteiger partial charge in [-0.1, -0.05) is 48.5 Å². The second-order valence-electron chi connectivity index (χ2n) is 4.15. The fraction of sp³-hybridized carbons (Fsp3) is 0.0625. The van der Waals surface area contributed by atoms with E-state index in [1.807, 2.05) is 18.3 Å². The first-order valence-corrected chi connectivity index (χ1v) is 5.80. The third kappa shape index (κ3) is 2.04. The van der Waals surface area contributed by atoms with E-state index in [2.05, 4.69) is 53.5 Å². The molecule has 0 atom stereocenters. The lowest BCUT2D eigenvalue weighted by atomic mass is 10.0. The van der Waals surface area contributed by atoms with Crippen LogP contribution in [0.15, 0.2) is 66.9 Å². The molecule has 17 heavy (non-hydrogen) atoms. The van der Waals surface area contributed by atoms with Crippen molar-refractivity contribution >= 4 is 10.9 Å². The summed E-state index contributed by atoms with van der Waals surface area (Å²) in [5.74, 6) is 0. The molecule has 0 spiro atoms. The number of hydrogen-bond donors (Lipinski definition) is 0. The molecule has 0 unspecified atom stereocenters. The number of pyridine rings is 1. The average molecular weight is 219 g/mol. The Morgan fingerprint density at radius 1 is 0.765 bits per heavy atom. The van der Waals surface area contributed by atoms with Crippen molar-refractivity contribution in [2.75, 3.05) is 0 Å². The van der Waals surface area contributed by atoms with Crippen molar-refractivity contribution in [3.63, 3.8) is 0 Å². The van der Waals surface area contributed by atoms with Gasteiger partial charge in [0, 0.05) is 11.6 Å². The molecule has 1 nitrogen and oxygen atoms in total. The summed E-state index contributed by atoms with van der Waals surface area (Å²) in [5.41, 5.74) is 3.74. The van der Waals surface area contributed by atoms with Gasteiger partial charge in [0.05, 0.1) is 5.52 Å². The molecular weight excluding hydrogens is 206 g/mol. The maximum Gasteiger partial charge on any atom is 0.0704 e. The van der Waals surface area contributed by atoms with Crippen LogP contribution in [0, 0.1) is 0 Å². The molecule has 0 aliphatic heterocycles. The van der Waals surface area contributed by atoms with Crippen molar-refractivity contribution in [3.8, 4) is 0 Å². The lowest BCUT2D eigenvalue weighted by molar-refractivity contribution is 1.20. The predicted molar refractivity (Wildman–Crippen MR) is 71.0 cm³/mol. The van der Waals surface area contributed by atoms with Crippen LogP contribution in [-0.2, 0) is 6.42 Å². The van der Waals surface area contributed by atoms with E-state index in [1.54, 1.807) is 0 Å². The molecule has 3 aromatic rings. The summed E-state index contributed by atoms with van der Waals surface area (Å²) < 4.78 is 0. The Kier molecular flexibility index (Phi) is 2.59. The smallest absolute Gasteiger partial charge is 0.0704 e. The van der Waals surface area contributed by atoms with Crippen LogP contribution in [0.1, 0.15) is 11.1 Å². The Hall–Kier alpha value is -2.15. The number of aromatic nitrogens is 1. The van der Waals surface area contributed by atoms with Gasteiger partial charge in [0.15, 0.2) is 0 Å². The van der Waals surface area contributed by atoms with Gasteiger partial charge in [0.25, 0.3) is 0 Å². The second kappa shape index (κ2) is 4.38. The van der Waals surface area contributed by atoms with Crippen LogP contribution in [-0.4, -0.2) is 4.98 Å². The molecule has 0 aliphatic rings. The lowest BCUT2D eigenvalue weighted by Crippen LogP contribution is -1.90. The minimum Gasteiger partial charge on any atom is -0.256 e. The highest BCUT2D eigenvalue weighted by Crippen LogP contribution is 2.19. The van der Waals surface area contributed by atoms with Gasteiger partial charge >= 0.3 is 0 Å². The van der Waals surface area contributed by atoms with E-state index in [1.165, 1.54) is 16.5 Å². The summed E-state index contributed by atoms with van der Waals surface area (Å²) in [5, 5.41) is 1.25. The van der Waals surface area contributed by atoms with Crippen molar-refractivity contribution in [1.29, 1.82) is 0 Å². The van der Waals surface area contributed by atoms with E-state index in [4.69, 9.17) is 0 Å². The molecule has 0 saturated heterocycles. The zero-order valence-corrected chi connectivity index (χ0v) is 9.51. The number of para-hydroxylation sites is 1. The molecule has 1 aromatic heterocycles. The Balaban J connectivity index is 2.06. The minimum absolute atomic E-state index is 0.962. The van der Waals surface area contributed by atoms with Crippen LogP contribution >= 0.6 is 0 Å². The van der Waals surface area contributed by atoms with Crippen molar-refractivity contribution < 1.29 is 0 Å². The number of hydrogen-bond acceptors (Lipinski definition) is 1. The monoisotopic (exact) mass is 219 g/mol. The molecule has 2 aromatic carbocycles. The SMILES string of the molecule is c1ccc(Cc2ccnc3ccccc23)cc1. The van der Waals surface area contributed by atoms with E-state index in [-0.39, 0.29) is 0 Å². The molecule has 0 aliphatic carbocycles. The summed E-state index contributed by atoms with van der Waals surface area (Å²) in [6.45, 7) is 0. The van der Waals surface area contributed by atoms with Gasteiger partial charge in [-0.25, -0.2) is 0 Å². The van der Waals surface area contributed by atoms with Gasteiger partial charge in [0.1, 0.15) is 0 Å². The van der Waals surface area contributed by atoms with Crippen LogP contribution in [0.4, 0.5) is 0 Å². The van der Waals surface area contributed by atoms with E-state index >= 15 is 0 Å². The highest BCUT2D eigenvalue weighted by atomic mass is 14.6. The quantitative estimate of drug-likeness (QED) is 0.638. The molecule has 82 valence electrons. The van der Waals surface area contributed by atoms with Crippen LogP contribution in [0.5, 0.6) is 0 Å². The number of nitrogens with zero attached hydrogens (tertiary/aromatic N) is 1. The summed E-state index contributed by atoms with van der Waals surface area (Å²) in [4.78, 5) is 4.38. The maximum absolute atomic E-state index is 4.38. The molecule has 1 heteroatoms. The van der Waals surface area contributed by atoms with Crippen LogP contribution in [0.3, 0.4) is 0 Å². The minimum atomic E-state index is 0.962. The molecule has 1 heterocycles. The molecule has 0 saturated carbocycles. The molecule has 3 rings (SSSR count). The zero-order valence-electron chi connectivity index (χ0n) is 9.51. The van der Waals surface area contributed by atoms with Gasteiger partial charge < -0.3 is 0 Å². The van der Waals surface area contributed by atoms with Crippen LogP contribution in [0.2, 0.25) is 0 Å². The Labute approximate surface area is 101 Å². The number of rotatable bonds is 2. The predicted octanol–water partition coefficient (Wildman–Crippen LogP) is 3.83. The van der Waals surface area contributed by atoms with E-state index in [0.29, 0.717) is 0 Å². The number of benzene rings is 2. The lowest BCUT2D eigenvalue weighted by Gasteiger charge is -2.05. The molecular formula is C16H13N. The standard InChI is InChI=1S/C16H13N/c1-2-6-13(7-3-1)12-14-10-11-17-16-9-5-4-8-15(14)16/h1-11H,12H2. The number of fused-ring (bicyclic) bond motifs is 1. The van der Waals surface area contributed by atoms with E-state index < -0.39 is 0 Å². The summed E-state index contributed by atoms with van der Waals surface area (Å²) >= 11 is 0. The van der Waals surface area contributed by atoms with Crippen molar-refractivity contribution in [1.82, 2.24) is 4.98 Å². The van der Waals surface area contributed by atoms with Gasteiger partial charge in [0.2, 0.25) is 0 Å². The second-order valence-corrected chi connectivity index (χ2v) is 4.15. The molecule has 0 N–H and O–H groups in total. The normalized spacial score (nSPS) is 10.6. The van der Waals surface area contributed by atoms with E-state index in [0.717, 1.165) is 11.9 Å². The third-order valence-electron chi connectivity index (χ3n) is 2.98. The van der Waals surface area contributed by atoms with Crippen LogP contribution < -0.4 is 0 Å². The van der Waals surface area contributed by atoms with Gasteiger partial charge in [-0.2, -0.15) is 0 Å².